The third-order valence-electron chi connectivity index (χ3n) is 3.00. The van der Waals surface area contributed by atoms with Crippen molar-refractivity contribution in [1.29, 1.82) is 0 Å². The molecule has 1 saturated heterocycles. The Morgan fingerprint density at radius 1 is 1.21 bits per heavy atom. The third kappa shape index (κ3) is 3.01. The molecule has 0 bridgehead atoms. The number of nitrogens with zero attached hydrogens (tertiary/aromatic N) is 1. The molecule has 19 heavy (non-hydrogen) atoms. The first kappa shape index (κ1) is 14.1. The summed E-state index contributed by atoms with van der Waals surface area (Å²) < 4.78 is 16.4. The van der Waals surface area contributed by atoms with Crippen LogP contribution in [0.15, 0.2) is 16.6 Å². The molecule has 0 aromatic heterocycles. The average Bonchev–Trinajstić information content (AvgIpc) is 2.47. The maximum atomic E-state index is 12.4. The highest BCUT2D eigenvalue weighted by Gasteiger charge is 2.22. The van der Waals surface area contributed by atoms with Gasteiger partial charge in [0.1, 0.15) is 0 Å². The van der Waals surface area contributed by atoms with Gasteiger partial charge >= 0.3 is 0 Å². The first-order valence-electron chi connectivity index (χ1n) is 5.96. The number of hydrogen-bond acceptors (Lipinski definition) is 4. The lowest BCUT2D eigenvalue weighted by Gasteiger charge is -2.27. The minimum Gasteiger partial charge on any atom is -0.493 e. The number of carbonyl (C=O) groups excluding carboxylic acids is 1. The number of benzene rings is 1. The molecule has 1 aromatic carbocycles. The van der Waals surface area contributed by atoms with E-state index in [2.05, 4.69) is 15.9 Å². The first-order chi connectivity index (χ1) is 9.17. The summed E-state index contributed by atoms with van der Waals surface area (Å²) in [5, 5.41) is 0. The Bertz CT molecular complexity index is 472. The van der Waals surface area contributed by atoms with Crippen LogP contribution in [0.4, 0.5) is 0 Å². The fourth-order valence-electron chi connectivity index (χ4n) is 1.95. The summed E-state index contributed by atoms with van der Waals surface area (Å²) in [6.45, 7) is 2.38. The van der Waals surface area contributed by atoms with E-state index in [1.807, 2.05) is 0 Å². The summed E-state index contributed by atoms with van der Waals surface area (Å²) in [5.74, 6) is 1.10. The SMILES string of the molecule is COc1cc(Br)c(C(=O)N2CCOCC2)cc1OC. The lowest BCUT2D eigenvalue weighted by molar-refractivity contribution is 0.0302. The van der Waals surface area contributed by atoms with E-state index in [-0.39, 0.29) is 5.91 Å². The van der Waals surface area contributed by atoms with Crippen LogP contribution in [0.3, 0.4) is 0 Å². The summed E-state index contributed by atoms with van der Waals surface area (Å²) in [6, 6.07) is 3.44. The maximum Gasteiger partial charge on any atom is 0.255 e. The lowest BCUT2D eigenvalue weighted by Crippen LogP contribution is -2.40. The van der Waals surface area contributed by atoms with Crippen LogP contribution >= 0.6 is 15.9 Å². The van der Waals surface area contributed by atoms with Crippen LogP contribution in [0.2, 0.25) is 0 Å². The molecule has 1 amide bonds. The van der Waals surface area contributed by atoms with Crippen molar-refractivity contribution in [3.63, 3.8) is 0 Å². The van der Waals surface area contributed by atoms with Gasteiger partial charge in [0.2, 0.25) is 0 Å². The second kappa shape index (κ2) is 6.25. The van der Waals surface area contributed by atoms with Crippen LogP contribution < -0.4 is 9.47 Å². The summed E-state index contributed by atoms with van der Waals surface area (Å²) in [5.41, 5.74) is 0.569. The number of hydrogen-bond donors (Lipinski definition) is 0. The van der Waals surface area contributed by atoms with Gasteiger partial charge in [-0.15, -0.1) is 0 Å². The molecule has 0 unspecified atom stereocenters. The fraction of sp³-hybridized carbons (Fsp3) is 0.462. The number of halogens is 1. The first-order valence-corrected chi connectivity index (χ1v) is 6.75. The maximum absolute atomic E-state index is 12.4. The van der Waals surface area contributed by atoms with Gasteiger partial charge in [-0.3, -0.25) is 4.79 Å². The van der Waals surface area contributed by atoms with E-state index < -0.39 is 0 Å². The highest BCUT2D eigenvalue weighted by molar-refractivity contribution is 9.10. The molecule has 1 aromatic rings. The van der Waals surface area contributed by atoms with Crippen molar-refractivity contribution in [2.45, 2.75) is 0 Å². The van der Waals surface area contributed by atoms with Crippen molar-refractivity contribution in [3.8, 4) is 11.5 Å². The van der Waals surface area contributed by atoms with Crippen LogP contribution in [0.25, 0.3) is 0 Å². The Morgan fingerprint density at radius 3 is 2.37 bits per heavy atom. The molecule has 1 aliphatic rings. The van der Waals surface area contributed by atoms with Gasteiger partial charge in [-0.1, -0.05) is 0 Å². The van der Waals surface area contributed by atoms with Crippen molar-refractivity contribution in [3.05, 3.63) is 22.2 Å². The number of amides is 1. The minimum absolute atomic E-state index is 0.0314. The number of morpholine rings is 1. The highest BCUT2D eigenvalue weighted by Crippen LogP contribution is 2.33. The van der Waals surface area contributed by atoms with Crippen molar-refractivity contribution in [2.75, 3.05) is 40.5 Å². The van der Waals surface area contributed by atoms with E-state index >= 15 is 0 Å². The standard InChI is InChI=1S/C13H16BrNO4/c1-17-11-7-9(10(14)8-12(11)18-2)13(16)15-3-5-19-6-4-15/h7-8H,3-6H2,1-2H3. The molecule has 2 rings (SSSR count). The van der Waals surface area contributed by atoms with Crippen LogP contribution in [-0.2, 0) is 4.74 Å². The molecule has 5 nitrogen and oxygen atoms in total. The Hall–Kier alpha value is -1.27. The summed E-state index contributed by atoms with van der Waals surface area (Å²) >= 11 is 3.40. The van der Waals surface area contributed by atoms with Crippen LogP contribution in [0, 0.1) is 0 Å². The Labute approximate surface area is 120 Å². The van der Waals surface area contributed by atoms with E-state index in [9.17, 15) is 4.79 Å². The zero-order valence-electron chi connectivity index (χ0n) is 10.9. The number of methoxy groups -OCH3 is 2. The molecule has 0 atom stereocenters. The van der Waals surface area contributed by atoms with Gasteiger partial charge in [0.25, 0.3) is 5.91 Å². The van der Waals surface area contributed by atoms with Gasteiger partial charge < -0.3 is 19.1 Å². The molecular weight excluding hydrogens is 314 g/mol. The van der Waals surface area contributed by atoms with E-state index in [1.165, 1.54) is 0 Å². The molecule has 0 saturated carbocycles. The third-order valence-corrected chi connectivity index (χ3v) is 3.66. The number of ether oxygens (including phenoxy) is 3. The fourth-order valence-corrected chi connectivity index (χ4v) is 2.45. The van der Waals surface area contributed by atoms with Crippen molar-refractivity contribution in [2.24, 2.45) is 0 Å². The van der Waals surface area contributed by atoms with E-state index in [4.69, 9.17) is 14.2 Å². The lowest BCUT2D eigenvalue weighted by atomic mass is 10.1. The smallest absolute Gasteiger partial charge is 0.255 e. The Balaban J connectivity index is 2.30. The van der Waals surface area contributed by atoms with Gasteiger partial charge in [-0.2, -0.15) is 0 Å². The van der Waals surface area contributed by atoms with Gasteiger partial charge in [0.15, 0.2) is 11.5 Å². The van der Waals surface area contributed by atoms with Crippen molar-refractivity contribution >= 4 is 21.8 Å². The molecule has 1 fully saturated rings. The predicted octanol–water partition coefficient (Wildman–Crippen LogP) is 1.94. The predicted molar refractivity (Wildman–Crippen MR) is 74.0 cm³/mol. The van der Waals surface area contributed by atoms with E-state index in [0.717, 1.165) is 0 Å². The summed E-state index contributed by atoms with van der Waals surface area (Å²) in [4.78, 5) is 14.2. The molecule has 1 aliphatic heterocycles. The second-order valence-electron chi connectivity index (χ2n) is 4.09. The molecular formula is C13H16BrNO4. The van der Waals surface area contributed by atoms with Crippen LogP contribution in [-0.4, -0.2) is 51.3 Å². The number of rotatable bonds is 3. The molecule has 6 heteroatoms. The summed E-state index contributed by atoms with van der Waals surface area (Å²) in [6.07, 6.45) is 0. The zero-order chi connectivity index (χ0) is 13.8. The second-order valence-corrected chi connectivity index (χ2v) is 4.95. The summed E-state index contributed by atoms with van der Waals surface area (Å²) in [7, 11) is 3.11. The van der Waals surface area contributed by atoms with Crippen molar-refractivity contribution in [1.82, 2.24) is 4.90 Å². The quantitative estimate of drug-likeness (QED) is 0.850. The molecule has 0 N–H and O–H groups in total. The zero-order valence-corrected chi connectivity index (χ0v) is 12.5. The molecule has 104 valence electrons. The van der Waals surface area contributed by atoms with Gasteiger partial charge in [-0.25, -0.2) is 0 Å². The number of carbonyl (C=O) groups is 1. The van der Waals surface area contributed by atoms with Gasteiger partial charge in [0, 0.05) is 17.6 Å². The molecule has 0 radical (unpaired) electrons. The highest BCUT2D eigenvalue weighted by atomic mass is 79.9. The Morgan fingerprint density at radius 2 is 1.79 bits per heavy atom. The normalized spacial score (nSPS) is 15.2. The average molecular weight is 330 g/mol. The Kier molecular flexibility index (Phi) is 4.66. The molecule has 1 heterocycles. The topological polar surface area (TPSA) is 48.0 Å². The van der Waals surface area contributed by atoms with Gasteiger partial charge in [0.05, 0.1) is 33.0 Å². The molecule has 0 aliphatic carbocycles. The van der Waals surface area contributed by atoms with E-state index in [1.54, 1.807) is 31.3 Å². The largest absolute Gasteiger partial charge is 0.493 e. The van der Waals surface area contributed by atoms with E-state index in [0.29, 0.717) is 47.8 Å². The van der Waals surface area contributed by atoms with Crippen LogP contribution in [0.1, 0.15) is 10.4 Å². The van der Waals surface area contributed by atoms with Crippen molar-refractivity contribution < 1.29 is 19.0 Å². The monoisotopic (exact) mass is 329 g/mol. The van der Waals surface area contributed by atoms with Crippen LogP contribution in [0.5, 0.6) is 11.5 Å². The minimum atomic E-state index is -0.0314. The molecule has 0 spiro atoms. The van der Waals surface area contributed by atoms with Gasteiger partial charge in [-0.05, 0) is 28.1 Å².